The normalized spacial score (nSPS) is 17.3. The fourth-order valence-electron chi connectivity index (χ4n) is 2.82. The van der Waals surface area contributed by atoms with E-state index in [0.29, 0.717) is 25.2 Å². The number of carbonyl (C=O) groups is 2. The van der Waals surface area contributed by atoms with Crippen LogP contribution >= 0.6 is 11.3 Å². The Balaban J connectivity index is 1.66. The van der Waals surface area contributed by atoms with E-state index < -0.39 is 6.04 Å². The summed E-state index contributed by atoms with van der Waals surface area (Å²) in [7, 11) is 0. The molecule has 6 heteroatoms. The van der Waals surface area contributed by atoms with Crippen molar-refractivity contribution < 1.29 is 9.59 Å². The first kappa shape index (κ1) is 15.7. The molecule has 1 unspecified atom stereocenters. The topological polar surface area (TPSA) is 62.3 Å². The van der Waals surface area contributed by atoms with Crippen LogP contribution in [0, 0.1) is 6.92 Å². The number of hydrogen-bond acceptors (Lipinski definition) is 4. The molecule has 1 fully saturated rings. The number of thiophene rings is 1. The van der Waals surface area contributed by atoms with E-state index in [0.717, 1.165) is 17.0 Å². The number of aromatic nitrogens is 1. The smallest absolute Gasteiger partial charge is 0.248 e. The molecule has 0 aliphatic carbocycles. The largest absolute Gasteiger partial charge is 0.330 e. The van der Waals surface area contributed by atoms with E-state index in [1.807, 2.05) is 36.6 Å². The Morgan fingerprint density at radius 1 is 1.35 bits per heavy atom. The van der Waals surface area contributed by atoms with Crippen LogP contribution in [0.1, 0.15) is 23.4 Å². The minimum absolute atomic E-state index is 0.0160. The van der Waals surface area contributed by atoms with Gasteiger partial charge in [0.05, 0.1) is 6.42 Å². The number of nitrogens with zero attached hydrogens (tertiary/aromatic N) is 2. The lowest BCUT2D eigenvalue weighted by Gasteiger charge is -2.23. The number of rotatable bonds is 4. The Hall–Kier alpha value is -2.21. The van der Waals surface area contributed by atoms with E-state index >= 15 is 0 Å². The number of pyridine rings is 1. The van der Waals surface area contributed by atoms with Crippen molar-refractivity contribution >= 4 is 29.0 Å². The maximum Gasteiger partial charge on any atom is 0.248 e. The molecule has 0 aromatic carbocycles. The highest BCUT2D eigenvalue weighted by Gasteiger charge is 2.34. The van der Waals surface area contributed by atoms with Crippen LogP contribution in [-0.4, -0.2) is 34.3 Å². The molecule has 5 nitrogen and oxygen atoms in total. The summed E-state index contributed by atoms with van der Waals surface area (Å²) in [6.07, 6.45) is 1.92. The molecule has 1 saturated heterocycles. The molecular weight excluding hydrogens is 310 g/mol. The Labute approximate surface area is 139 Å². The number of amides is 2. The lowest BCUT2D eigenvalue weighted by molar-refractivity contribution is -0.136. The van der Waals surface area contributed by atoms with Gasteiger partial charge in [0.25, 0.3) is 0 Å². The summed E-state index contributed by atoms with van der Waals surface area (Å²) >= 11 is 1.57. The fraction of sp³-hybridized carbons (Fsp3) is 0.353. The second-order valence-electron chi connectivity index (χ2n) is 5.65. The van der Waals surface area contributed by atoms with Crippen molar-refractivity contribution in [3.8, 4) is 0 Å². The average Bonchev–Trinajstić information content (AvgIpc) is 3.18. The van der Waals surface area contributed by atoms with Gasteiger partial charge in [-0.2, -0.15) is 0 Å². The first-order valence-corrected chi connectivity index (χ1v) is 8.58. The maximum atomic E-state index is 12.5. The third-order valence-corrected chi connectivity index (χ3v) is 4.80. The number of anilines is 1. The Bertz CT molecular complexity index is 700. The maximum absolute atomic E-state index is 12.5. The van der Waals surface area contributed by atoms with E-state index in [1.54, 1.807) is 22.3 Å². The molecule has 2 aromatic rings. The van der Waals surface area contributed by atoms with Crippen molar-refractivity contribution in [2.75, 3.05) is 11.9 Å². The van der Waals surface area contributed by atoms with Gasteiger partial charge in [-0.05, 0) is 43.3 Å². The summed E-state index contributed by atoms with van der Waals surface area (Å²) in [5.41, 5.74) is 0.847. The van der Waals surface area contributed by atoms with Gasteiger partial charge in [-0.25, -0.2) is 4.98 Å². The van der Waals surface area contributed by atoms with Crippen LogP contribution in [0.5, 0.6) is 0 Å². The lowest BCUT2D eigenvalue weighted by atomic mass is 10.2. The van der Waals surface area contributed by atoms with E-state index in [4.69, 9.17) is 0 Å². The highest BCUT2D eigenvalue weighted by Crippen LogP contribution is 2.21. The zero-order chi connectivity index (χ0) is 16.2. The molecule has 0 bridgehead atoms. The Morgan fingerprint density at radius 2 is 2.22 bits per heavy atom. The van der Waals surface area contributed by atoms with Gasteiger partial charge in [-0.15, -0.1) is 11.3 Å². The van der Waals surface area contributed by atoms with Crippen molar-refractivity contribution in [2.24, 2.45) is 0 Å². The Morgan fingerprint density at radius 3 is 2.96 bits per heavy atom. The summed E-state index contributed by atoms with van der Waals surface area (Å²) in [6, 6.07) is 8.98. The van der Waals surface area contributed by atoms with Crippen LogP contribution in [0.3, 0.4) is 0 Å². The van der Waals surface area contributed by atoms with Crippen LogP contribution in [-0.2, 0) is 16.0 Å². The van der Waals surface area contributed by atoms with Gasteiger partial charge in [0, 0.05) is 17.1 Å². The molecular formula is C17H19N3O2S. The molecule has 1 atom stereocenters. The monoisotopic (exact) mass is 329 g/mol. The van der Waals surface area contributed by atoms with Gasteiger partial charge >= 0.3 is 0 Å². The second kappa shape index (κ2) is 6.91. The zero-order valence-electron chi connectivity index (χ0n) is 13.0. The molecule has 23 heavy (non-hydrogen) atoms. The fourth-order valence-corrected chi connectivity index (χ4v) is 3.52. The zero-order valence-corrected chi connectivity index (χ0v) is 13.8. The molecule has 1 N–H and O–H groups in total. The van der Waals surface area contributed by atoms with Crippen molar-refractivity contribution in [1.29, 1.82) is 0 Å². The highest BCUT2D eigenvalue weighted by atomic mass is 32.1. The van der Waals surface area contributed by atoms with Crippen molar-refractivity contribution in [1.82, 2.24) is 9.88 Å². The van der Waals surface area contributed by atoms with E-state index in [9.17, 15) is 9.59 Å². The minimum atomic E-state index is -0.398. The summed E-state index contributed by atoms with van der Waals surface area (Å²) in [6.45, 7) is 2.52. The quantitative estimate of drug-likeness (QED) is 0.938. The van der Waals surface area contributed by atoms with Gasteiger partial charge in [0.1, 0.15) is 11.9 Å². The predicted molar refractivity (Wildman–Crippen MR) is 90.4 cm³/mol. The van der Waals surface area contributed by atoms with Crippen molar-refractivity contribution in [2.45, 2.75) is 32.2 Å². The SMILES string of the molecule is Cc1cccc(NC(=O)C2CCCN2C(=O)Cc2cccs2)n1. The molecule has 1 aliphatic rings. The number of likely N-dealkylation sites (tertiary alicyclic amines) is 1. The van der Waals surface area contributed by atoms with Crippen LogP contribution in [0.15, 0.2) is 35.7 Å². The third-order valence-electron chi connectivity index (χ3n) is 3.92. The third kappa shape index (κ3) is 3.76. The van der Waals surface area contributed by atoms with E-state index in [-0.39, 0.29) is 11.8 Å². The van der Waals surface area contributed by atoms with E-state index in [1.165, 1.54) is 0 Å². The van der Waals surface area contributed by atoms with E-state index in [2.05, 4.69) is 10.3 Å². The molecule has 0 radical (unpaired) electrons. The summed E-state index contributed by atoms with van der Waals surface area (Å²) in [5.74, 6) is 0.398. The first-order chi connectivity index (χ1) is 11.1. The predicted octanol–water partition coefficient (Wildman–Crippen LogP) is 2.62. The molecule has 0 spiro atoms. The average molecular weight is 329 g/mol. The van der Waals surface area contributed by atoms with Gasteiger partial charge < -0.3 is 10.2 Å². The number of carbonyl (C=O) groups excluding carboxylic acids is 2. The standard InChI is InChI=1S/C17H19N3O2S/c1-12-5-2-8-15(18-12)19-17(22)14-7-3-9-20(14)16(21)11-13-6-4-10-23-13/h2,4-6,8,10,14H,3,7,9,11H2,1H3,(H,18,19,22). The number of nitrogens with one attached hydrogen (secondary N) is 1. The highest BCUT2D eigenvalue weighted by molar-refractivity contribution is 7.10. The molecule has 3 rings (SSSR count). The van der Waals surface area contributed by atoms with Gasteiger partial charge in [0.2, 0.25) is 11.8 Å². The minimum Gasteiger partial charge on any atom is -0.330 e. The van der Waals surface area contributed by atoms with Crippen LogP contribution in [0.4, 0.5) is 5.82 Å². The summed E-state index contributed by atoms with van der Waals surface area (Å²) in [5, 5.41) is 4.79. The first-order valence-electron chi connectivity index (χ1n) is 7.70. The molecule has 3 heterocycles. The van der Waals surface area contributed by atoms with Crippen LogP contribution in [0.25, 0.3) is 0 Å². The lowest BCUT2D eigenvalue weighted by Crippen LogP contribution is -2.43. The molecule has 0 saturated carbocycles. The molecule has 1 aliphatic heterocycles. The van der Waals surface area contributed by atoms with Gasteiger partial charge in [-0.1, -0.05) is 12.1 Å². The summed E-state index contributed by atoms with van der Waals surface area (Å²) in [4.78, 5) is 32.0. The molecule has 2 aromatic heterocycles. The van der Waals surface area contributed by atoms with Crippen LogP contribution < -0.4 is 5.32 Å². The molecule has 120 valence electrons. The second-order valence-corrected chi connectivity index (χ2v) is 6.69. The molecule has 2 amide bonds. The summed E-state index contributed by atoms with van der Waals surface area (Å²) < 4.78 is 0. The van der Waals surface area contributed by atoms with Gasteiger partial charge in [-0.3, -0.25) is 9.59 Å². The van der Waals surface area contributed by atoms with Crippen molar-refractivity contribution in [3.63, 3.8) is 0 Å². The van der Waals surface area contributed by atoms with Crippen molar-refractivity contribution in [3.05, 3.63) is 46.3 Å². The number of aryl methyl sites for hydroxylation is 1. The van der Waals surface area contributed by atoms with Gasteiger partial charge in [0.15, 0.2) is 0 Å². The van der Waals surface area contributed by atoms with Crippen LogP contribution in [0.2, 0.25) is 0 Å². The number of hydrogen-bond donors (Lipinski definition) is 1. The Kier molecular flexibility index (Phi) is 4.71.